The first kappa shape index (κ1) is 11.1. The van der Waals surface area contributed by atoms with Crippen LogP contribution in [0.15, 0.2) is 0 Å². The van der Waals surface area contributed by atoms with Gasteiger partial charge in [0.2, 0.25) is 0 Å². The molecule has 0 amide bonds. The van der Waals surface area contributed by atoms with E-state index in [9.17, 15) is 13.3 Å². The van der Waals surface area contributed by atoms with Crippen LogP contribution in [0.3, 0.4) is 0 Å². The molecule has 0 saturated carbocycles. The van der Waals surface area contributed by atoms with Crippen LogP contribution in [0.4, 0.5) is 13.3 Å². The molecule has 8 heavy (non-hydrogen) atoms. The fourth-order valence-corrected chi connectivity index (χ4v) is 0.0337. The van der Waals surface area contributed by atoms with Gasteiger partial charge in [0.1, 0.15) is 0 Å². The second-order valence-electron chi connectivity index (χ2n) is 0.697. The molecule has 0 aliphatic rings. The van der Waals surface area contributed by atoms with Crippen molar-refractivity contribution in [3.63, 3.8) is 0 Å². The van der Waals surface area contributed by atoms with Gasteiger partial charge < -0.3 is 1.43 Å². The zero-order valence-electron chi connectivity index (χ0n) is 5.03. The molecule has 0 radical (unpaired) electrons. The van der Waals surface area contributed by atoms with E-state index in [1.165, 1.54) is 0 Å². The van der Waals surface area contributed by atoms with Crippen molar-refractivity contribution in [2.24, 2.45) is 0 Å². The molecule has 44 valence electrons. The number of carbonyl (C=O) groups is 1. The maximum absolute atomic E-state index is 10.7. The van der Waals surface area contributed by atoms with Gasteiger partial charge in [-0.25, -0.2) is 9.74 Å². The van der Waals surface area contributed by atoms with Crippen molar-refractivity contribution in [3.8, 4) is 0 Å². The van der Waals surface area contributed by atoms with Gasteiger partial charge in [-0.1, -0.05) is 0 Å². The van der Waals surface area contributed by atoms with Crippen molar-refractivity contribution in [1.29, 1.82) is 0 Å². The molecule has 0 aliphatic heterocycles. The molecular weight excluding hydrogens is 136 g/mol. The monoisotopic (exact) mass is 138 g/mol. The Morgan fingerprint density at radius 3 is 2.00 bits per heavy atom. The van der Waals surface area contributed by atoms with Gasteiger partial charge in [-0.15, -0.1) is 0 Å². The number of carbonyl (C=O) groups excluding carboxylic acids is 1. The van der Waals surface area contributed by atoms with Crippen molar-refractivity contribution in [2.75, 3.05) is 0 Å². The summed E-state index contributed by atoms with van der Waals surface area (Å²) in [6, 6.07) is 0. The Bertz CT molecular complexity index is 80.2. The third kappa shape index (κ3) is 4.42. The molecule has 6 heteroatoms. The average Bonchev–Trinajstić information content (AvgIpc) is 1.65. The van der Waals surface area contributed by atoms with Crippen LogP contribution in [-0.4, -0.2) is 12.4 Å². The minimum Gasteiger partial charge on any atom is -1.00 e. The van der Waals surface area contributed by atoms with Gasteiger partial charge in [-0.2, -0.15) is 8.78 Å². The maximum atomic E-state index is 10.7. The normalized spacial score (nSPS) is 8.00. The summed E-state index contributed by atoms with van der Waals surface area (Å²) in [5, 5.41) is 0. The van der Waals surface area contributed by atoms with Gasteiger partial charge in [-0.3, -0.25) is 0 Å². The number of alkyl halides is 2. The summed E-state index contributed by atoms with van der Waals surface area (Å²) < 4.78 is 31.7. The molecule has 0 heterocycles. The minimum absolute atomic E-state index is 0. The van der Waals surface area contributed by atoms with E-state index in [-0.39, 0.29) is 31.0 Å². The molecule has 0 aromatic carbocycles. The molecule has 0 atom stereocenters. The Balaban J connectivity index is -0.000000180. The molecule has 2 nitrogen and oxygen atoms in total. The Labute approximate surface area is 66.7 Å². The number of hydrogen-bond acceptors (Lipinski definition) is 2. The van der Waals surface area contributed by atoms with E-state index in [4.69, 9.17) is 4.79 Å². The molecule has 0 aliphatic carbocycles. The second-order valence-corrected chi connectivity index (χ2v) is 0.697. The van der Waals surface area contributed by atoms with Crippen LogP contribution >= 0.6 is 0 Å². The molecule has 0 fully saturated rings. The van der Waals surface area contributed by atoms with Crippen LogP contribution in [-0.2, 0) is 9.74 Å². The number of rotatable bonds is 1. The third-order valence-corrected chi connectivity index (χ3v) is 0.254. The van der Waals surface area contributed by atoms with Crippen molar-refractivity contribution in [2.45, 2.75) is 6.43 Å². The fraction of sp³-hybridized carbons (Fsp3) is 0.500. The van der Waals surface area contributed by atoms with E-state index in [2.05, 4.69) is 4.94 Å². The van der Waals surface area contributed by atoms with E-state index in [0.29, 0.717) is 0 Å². The molecule has 0 aromatic rings. The van der Waals surface area contributed by atoms with Crippen molar-refractivity contribution < 1.29 is 54.0 Å². The van der Waals surface area contributed by atoms with E-state index in [1.54, 1.807) is 0 Å². The Hall–Kier alpha value is 0.260. The van der Waals surface area contributed by atoms with Crippen molar-refractivity contribution in [1.82, 2.24) is 0 Å². The molecular formula is C2H2F3NaO2. The van der Waals surface area contributed by atoms with Crippen LogP contribution in [0.5, 0.6) is 0 Å². The predicted octanol–water partition coefficient (Wildman–Crippen LogP) is -2.20. The van der Waals surface area contributed by atoms with Crippen LogP contribution in [0.2, 0.25) is 0 Å². The smallest absolute Gasteiger partial charge is 1.00 e. The first-order chi connectivity index (χ1) is 3.18. The number of hydrogen-bond donors (Lipinski definition) is 0. The SMILES string of the molecule is O=C(OF)C(F)F.[H-].[Na+]. The van der Waals surface area contributed by atoms with E-state index in [1.807, 2.05) is 0 Å². The average molecular weight is 138 g/mol. The van der Waals surface area contributed by atoms with Crippen molar-refractivity contribution in [3.05, 3.63) is 0 Å². The third-order valence-electron chi connectivity index (χ3n) is 0.254. The zero-order chi connectivity index (χ0) is 5.86. The molecule has 0 spiro atoms. The summed E-state index contributed by atoms with van der Waals surface area (Å²) in [7, 11) is 0. The van der Waals surface area contributed by atoms with Gasteiger partial charge in [-0.05, 0) is 0 Å². The van der Waals surface area contributed by atoms with Gasteiger partial charge in [0.05, 0.1) is 0 Å². The Kier molecular flexibility index (Phi) is 7.50. The summed E-state index contributed by atoms with van der Waals surface area (Å²) in [4.78, 5) is 11.3. The first-order valence-electron chi connectivity index (χ1n) is 1.29. The predicted molar refractivity (Wildman–Crippen MR) is 14.3 cm³/mol. The summed E-state index contributed by atoms with van der Waals surface area (Å²) >= 11 is 0. The Morgan fingerprint density at radius 2 is 2.00 bits per heavy atom. The van der Waals surface area contributed by atoms with Gasteiger partial charge >= 0.3 is 42.0 Å². The topological polar surface area (TPSA) is 26.3 Å². The summed E-state index contributed by atoms with van der Waals surface area (Å²) in [6.07, 6.45) is -3.37. The quantitative estimate of drug-likeness (QED) is 0.384. The van der Waals surface area contributed by atoms with Crippen LogP contribution in [0.1, 0.15) is 1.43 Å². The Morgan fingerprint density at radius 1 is 1.62 bits per heavy atom. The molecule has 0 aromatic heterocycles. The molecule has 0 rings (SSSR count). The van der Waals surface area contributed by atoms with E-state index >= 15 is 0 Å². The zero-order valence-corrected chi connectivity index (χ0v) is 6.03. The minimum atomic E-state index is -3.37. The summed E-state index contributed by atoms with van der Waals surface area (Å²) in [5.41, 5.74) is 0. The largest absolute Gasteiger partial charge is 1.00 e. The van der Waals surface area contributed by atoms with Gasteiger partial charge in [0, 0.05) is 4.53 Å². The van der Waals surface area contributed by atoms with Crippen LogP contribution < -0.4 is 29.6 Å². The molecule has 0 saturated heterocycles. The standard InChI is InChI=1S/C2HF3O2.Na.H/c3-1(4)2(6)7-5;;/h1H;;/q;+1;-1. The number of halogens is 3. The van der Waals surface area contributed by atoms with Crippen LogP contribution in [0, 0.1) is 0 Å². The molecule has 0 N–H and O–H groups in total. The van der Waals surface area contributed by atoms with E-state index in [0.717, 1.165) is 0 Å². The molecule has 0 unspecified atom stereocenters. The first-order valence-corrected chi connectivity index (χ1v) is 1.29. The molecule has 0 bridgehead atoms. The maximum Gasteiger partial charge on any atom is 1.00 e. The fourth-order valence-electron chi connectivity index (χ4n) is 0.0337. The van der Waals surface area contributed by atoms with Crippen LogP contribution in [0.25, 0.3) is 0 Å². The summed E-state index contributed by atoms with van der Waals surface area (Å²) in [5.74, 6) is -2.15. The van der Waals surface area contributed by atoms with Gasteiger partial charge in [0.25, 0.3) is 0 Å². The second kappa shape index (κ2) is 5.40. The van der Waals surface area contributed by atoms with Gasteiger partial charge in [0.15, 0.2) is 0 Å². The summed E-state index contributed by atoms with van der Waals surface area (Å²) in [6.45, 7) is 0. The van der Waals surface area contributed by atoms with Crippen molar-refractivity contribution >= 4 is 5.97 Å². The van der Waals surface area contributed by atoms with E-state index < -0.39 is 12.4 Å².